The highest BCUT2D eigenvalue weighted by Crippen LogP contribution is 2.31. The fourth-order valence-electron chi connectivity index (χ4n) is 3.15. The quantitative estimate of drug-likeness (QED) is 0.278. The molecule has 0 saturated heterocycles. The van der Waals surface area contributed by atoms with Crippen LogP contribution < -0.4 is 4.90 Å². The summed E-state index contributed by atoms with van der Waals surface area (Å²) in [6, 6.07) is 18.5. The molecule has 0 fully saturated rings. The van der Waals surface area contributed by atoms with Gasteiger partial charge in [-0.1, -0.05) is 36.4 Å². The number of imide groups is 1. The van der Waals surface area contributed by atoms with Crippen molar-refractivity contribution in [3.05, 3.63) is 105 Å². The van der Waals surface area contributed by atoms with E-state index in [1.165, 1.54) is 36.4 Å². The van der Waals surface area contributed by atoms with Crippen LogP contribution in [0.5, 0.6) is 0 Å². The molecule has 2 amide bonds. The molecular formula is C22H14N2O6. The van der Waals surface area contributed by atoms with Gasteiger partial charge >= 0.3 is 5.97 Å². The molecule has 0 spiro atoms. The van der Waals surface area contributed by atoms with E-state index in [0.717, 1.165) is 16.5 Å². The van der Waals surface area contributed by atoms with Crippen LogP contribution in [0.3, 0.4) is 0 Å². The number of nitrogens with zero attached hydrogens (tertiary/aromatic N) is 2. The van der Waals surface area contributed by atoms with Gasteiger partial charge in [0, 0.05) is 12.1 Å². The standard InChI is InChI=1S/C22H14N2O6/c25-20-18-10-9-15(22(27)30-13-14-5-2-1-3-6-14)11-19(18)21(26)23(20)16-7-4-8-17(12-16)24(28)29/h1-12H,13H2. The first-order valence-corrected chi connectivity index (χ1v) is 8.94. The normalized spacial score (nSPS) is 12.6. The van der Waals surface area contributed by atoms with E-state index in [9.17, 15) is 24.5 Å². The second-order valence-corrected chi connectivity index (χ2v) is 6.54. The molecule has 30 heavy (non-hydrogen) atoms. The van der Waals surface area contributed by atoms with Crippen LogP contribution in [0, 0.1) is 10.1 Å². The largest absolute Gasteiger partial charge is 0.457 e. The number of carbonyl (C=O) groups excluding carboxylic acids is 3. The first-order chi connectivity index (χ1) is 14.5. The number of carbonyl (C=O) groups is 3. The van der Waals surface area contributed by atoms with E-state index < -0.39 is 22.7 Å². The smallest absolute Gasteiger partial charge is 0.338 e. The molecule has 0 saturated carbocycles. The zero-order valence-electron chi connectivity index (χ0n) is 15.5. The Morgan fingerprint density at radius 3 is 2.37 bits per heavy atom. The highest BCUT2D eigenvalue weighted by molar-refractivity contribution is 6.34. The number of hydrogen-bond donors (Lipinski definition) is 0. The SMILES string of the molecule is O=C(OCc1ccccc1)c1ccc2c(c1)C(=O)N(c1cccc([N+](=O)[O-])c1)C2=O. The molecule has 0 unspecified atom stereocenters. The van der Waals surface area contributed by atoms with Crippen molar-refractivity contribution in [1.29, 1.82) is 0 Å². The summed E-state index contributed by atoms with van der Waals surface area (Å²) in [7, 11) is 0. The molecule has 1 aliphatic rings. The Morgan fingerprint density at radius 1 is 0.900 bits per heavy atom. The van der Waals surface area contributed by atoms with Gasteiger partial charge in [0.2, 0.25) is 0 Å². The molecule has 0 aromatic heterocycles. The maximum absolute atomic E-state index is 12.8. The summed E-state index contributed by atoms with van der Waals surface area (Å²) in [6.45, 7) is 0.0729. The van der Waals surface area contributed by atoms with Gasteiger partial charge in [-0.25, -0.2) is 9.69 Å². The number of anilines is 1. The highest BCUT2D eigenvalue weighted by atomic mass is 16.6. The second-order valence-electron chi connectivity index (χ2n) is 6.54. The Bertz CT molecular complexity index is 1190. The van der Waals surface area contributed by atoms with Crippen molar-refractivity contribution in [2.75, 3.05) is 4.90 Å². The predicted molar refractivity (Wildman–Crippen MR) is 106 cm³/mol. The maximum atomic E-state index is 12.8. The van der Waals surface area contributed by atoms with Crippen LogP contribution in [-0.2, 0) is 11.3 Å². The van der Waals surface area contributed by atoms with Gasteiger partial charge in [0.25, 0.3) is 17.5 Å². The van der Waals surface area contributed by atoms with Crippen molar-refractivity contribution < 1.29 is 24.0 Å². The third-order valence-electron chi connectivity index (χ3n) is 4.63. The summed E-state index contributed by atoms with van der Waals surface area (Å²) < 4.78 is 5.27. The van der Waals surface area contributed by atoms with Crippen molar-refractivity contribution in [2.24, 2.45) is 0 Å². The fourth-order valence-corrected chi connectivity index (χ4v) is 3.15. The predicted octanol–water partition coefficient (Wildman–Crippen LogP) is 3.75. The van der Waals surface area contributed by atoms with E-state index in [1.807, 2.05) is 30.3 Å². The summed E-state index contributed by atoms with van der Waals surface area (Å²) in [5.74, 6) is -1.90. The van der Waals surface area contributed by atoms with Gasteiger partial charge in [0.05, 0.1) is 27.3 Å². The zero-order valence-corrected chi connectivity index (χ0v) is 15.5. The van der Waals surface area contributed by atoms with Gasteiger partial charge < -0.3 is 4.74 Å². The lowest BCUT2D eigenvalue weighted by molar-refractivity contribution is -0.384. The van der Waals surface area contributed by atoms with E-state index >= 15 is 0 Å². The molecule has 3 aromatic rings. The van der Waals surface area contributed by atoms with Crippen LogP contribution in [0.1, 0.15) is 36.6 Å². The minimum atomic E-state index is -0.659. The number of fused-ring (bicyclic) bond motifs is 1. The highest BCUT2D eigenvalue weighted by Gasteiger charge is 2.37. The van der Waals surface area contributed by atoms with E-state index in [1.54, 1.807) is 0 Å². The Kier molecular flexibility index (Phi) is 4.81. The molecular weight excluding hydrogens is 388 g/mol. The van der Waals surface area contributed by atoms with Gasteiger partial charge in [-0.3, -0.25) is 19.7 Å². The Balaban J connectivity index is 1.58. The topological polar surface area (TPSA) is 107 Å². The molecule has 4 rings (SSSR count). The van der Waals surface area contributed by atoms with Gasteiger partial charge in [0.15, 0.2) is 0 Å². The summed E-state index contributed by atoms with van der Waals surface area (Å²) in [5, 5.41) is 11.0. The average Bonchev–Trinajstić information content (AvgIpc) is 3.02. The minimum Gasteiger partial charge on any atom is -0.457 e. The fraction of sp³-hybridized carbons (Fsp3) is 0.0455. The number of amides is 2. The van der Waals surface area contributed by atoms with Crippen LogP contribution in [0.4, 0.5) is 11.4 Å². The lowest BCUT2D eigenvalue weighted by Gasteiger charge is -2.13. The van der Waals surface area contributed by atoms with Crippen LogP contribution in [0.25, 0.3) is 0 Å². The van der Waals surface area contributed by atoms with Crippen molar-refractivity contribution in [3.8, 4) is 0 Å². The van der Waals surface area contributed by atoms with Crippen molar-refractivity contribution in [2.45, 2.75) is 6.61 Å². The number of non-ortho nitro benzene ring substituents is 1. The molecule has 1 heterocycles. The first-order valence-electron chi connectivity index (χ1n) is 8.94. The van der Waals surface area contributed by atoms with Crippen LogP contribution >= 0.6 is 0 Å². The number of ether oxygens (including phenoxy) is 1. The first kappa shape index (κ1) is 19.0. The van der Waals surface area contributed by atoms with Crippen LogP contribution in [-0.4, -0.2) is 22.7 Å². The zero-order chi connectivity index (χ0) is 21.3. The summed E-state index contributed by atoms with van der Waals surface area (Å²) in [5.41, 5.74) is 0.950. The second kappa shape index (κ2) is 7.59. The Labute approximate surface area is 170 Å². The van der Waals surface area contributed by atoms with E-state index in [-0.39, 0.29) is 34.7 Å². The Morgan fingerprint density at radius 2 is 1.63 bits per heavy atom. The molecule has 8 nitrogen and oxygen atoms in total. The van der Waals surface area contributed by atoms with Crippen LogP contribution in [0.15, 0.2) is 72.8 Å². The van der Waals surface area contributed by atoms with E-state index in [2.05, 4.69) is 0 Å². The van der Waals surface area contributed by atoms with Crippen LogP contribution in [0.2, 0.25) is 0 Å². The molecule has 0 bridgehead atoms. The number of nitro benzene ring substituents is 1. The average molecular weight is 402 g/mol. The summed E-state index contributed by atoms with van der Waals surface area (Å²) in [4.78, 5) is 49.1. The van der Waals surface area contributed by atoms with Gasteiger partial charge in [0.1, 0.15) is 6.61 Å². The molecule has 0 N–H and O–H groups in total. The monoisotopic (exact) mass is 402 g/mol. The molecule has 0 atom stereocenters. The number of benzene rings is 3. The number of rotatable bonds is 5. The molecule has 0 aliphatic carbocycles. The molecule has 0 radical (unpaired) electrons. The van der Waals surface area contributed by atoms with Crippen molar-refractivity contribution in [3.63, 3.8) is 0 Å². The molecule has 8 heteroatoms. The molecule has 1 aliphatic heterocycles. The van der Waals surface area contributed by atoms with Crippen molar-refractivity contribution in [1.82, 2.24) is 0 Å². The van der Waals surface area contributed by atoms with Gasteiger partial charge in [-0.05, 0) is 29.8 Å². The molecule has 148 valence electrons. The minimum absolute atomic E-state index is 0.0423. The number of esters is 1. The lowest BCUT2D eigenvalue weighted by atomic mass is 10.1. The third kappa shape index (κ3) is 3.42. The van der Waals surface area contributed by atoms with Gasteiger partial charge in [-0.2, -0.15) is 0 Å². The van der Waals surface area contributed by atoms with Gasteiger partial charge in [-0.15, -0.1) is 0 Å². The summed E-state index contributed by atoms with van der Waals surface area (Å²) in [6.07, 6.45) is 0. The molecule has 3 aromatic carbocycles. The lowest BCUT2D eigenvalue weighted by Crippen LogP contribution is -2.29. The number of nitro groups is 1. The summed E-state index contributed by atoms with van der Waals surface area (Å²) >= 11 is 0. The number of hydrogen-bond acceptors (Lipinski definition) is 6. The third-order valence-corrected chi connectivity index (χ3v) is 4.63. The Hall–Kier alpha value is -4.33. The van der Waals surface area contributed by atoms with Crippen molar-refractivity contribution >= 4 is 29.2 Å². The maximum Gasteiger partial charge on any atom is 0.338 e. The van der Waals surface area contributed by atoms with E-state index in [0.29, 0.717) is 0 Å². The van der Waals surface area contributed by atoms with E-state index in [4.69, 9.17) is 4.74 Å².